The molecule has 0 aliphatic carbocycles. The number of hydrogen-bond acceptors (Lipinski definition) is 6. The zero-order valence-electron chi connectivity index (χ0n) is 16.2. The number of nitrogens with zero attached hydrogens (tertiary/aromatic N) is 2. The number of halogens is 2. The molecule has 9 heteroatoms. The number of hydrogen-bond donors (Lipinski definition) is 1. The van der Waals surface area contributed by atoms with Crippen LogP contribution in [-0.2, 0) is 9.53 Å². The van der Waals surface area contributed by atoms with E-state index in [9.17, 15) is 23.9 Å². The van der Waals surface area contributed by atoms with Crippen molar-refractivity contribution in [3.05, 3.63) is 57.8 Å². The van der Waals surface area contributed by atoms with Gasteiger partial charge in [-0.05, 0) is 43.3 Å². The largest absolute Gasteiger partial charge is 0.507 e. The third-order valence-electron chi connectivity index (χ3n) is 4.83. The molecule has 30 heavy (non-hydrogen) atoms. The summed E-state index contributed by atoms with van der Waals surface area (Å²) in [5.41, 5.74) is 0.651. The third kappa shape index (κ3) is 4.96. The number of phenols is 1. The normalized spacial score (nSPS) is 13.8. The Labute approximate surface area is 181 Å². The second-order valence-electron chi connectivity index (χ2n) is 6.83. The predicted octanol–water partition coefficient (Wildman–Crippen LogP) is 3.00. The molecule has 0 atom stereocenters. The van der Waals surface area contributed by atoms with Crippen LogP contribution in [0.5, 0.6) is 5.75 Å². The smallest absolute Gasteiger partial charge is 0.342 e. The van der Waals surface area contributed by atoms with Gasteiger partial charge in [-0.3, -0.25) is 9.59 Å². The summed E-state index contributed by atoms with van der Waals surface area (Å²) in [4.78, 5) is 39.2. The van der Waals surface area contributed by atoms with Crippen molar-refractivity contribution in [3.63, 3.8) is 0 Å². The SMILES string of the molecule is CC(=O)c1ccc(N2CCN(C(=O)COC(=O)c3cc(Br)ccc3O)CC2)c(F)c1. The van der Waals surface area contributed by atoms with Gasteiger partial charge in [0, 0.05) is 36.2 Å². The van der Waals surface area contributed by atoms with Crippen molar-refractivity contribution >= 4 is 39.3 Å². The van der Waals surface area contributed by atoms with Gasteiger partial charge in [0.1, 0.15) is 17.1 Å². The minimum Gasteiger partial charge on any atom is -0.507 e. The summed E-state index contributed by atoms with van der Waals surface area (Å²) >= 11 is 3.21. The highest BCUT2D eigenvalue weighted by Crippen LogP contribution is 2.24. The first-order valence-electron chi connectivity index (χ1n) is 9.25. The molecule has 1 amide bonds. The van der Waals surface area contributed by atoms with Crippen LogP contribution in [0.3, 0.4) is 0 Å². The van der Waals surface area contributed by atoms with Gasteiger partial charge in [0.2, 0.25) is 0 Å². The van der Waals surface area contributed by atoms with Crippen LogP contribution in [0.1, 0.15) is 27.6 Å². The third-order valence-corrected chi connectivity index (χ3v) is 5.33. The fourth-order valence-electron chi connectivity index (χ4n) is 3.15. The summed E-state index contributed by atoms with van der Waals surface area (Å²) < 4.78 is 20.0. The molecule has 3 rings (SSSR count). The Morgan fingerprint density at radius 3 is 2.43 bits per heavy atom. The second-order valence-corrected chi connectivity index (χ2v) is 7.74. The zero-order chi connectivity index (χ0) is 21.8. The summed E-state index contributed by atoms with van der Waals surface area (Å²) in [5, 5.41) is 9.75. The van der Waals surface area contributed by atoms with Gasteiger partial charge in [-0.2, -0.15) is 0 Å². The molecule has 0 radical (unpaired) electrons. The first-order chi connectivity index (χ1) is 14.3. The molecule has 1 N–H and O–H groups in total. The minimum atomic E-state index is -0.798. The predicted molar refractivity (Wildman–Crippen MR) is 111 cm³/mol. The first-order valence-corrected chi connectivity index (χ1v) is 10.0. The number of benzene rings is 2. The van der Waals surface area contributed by atoms with Gasteiger partial charge in [0.05, 0.1) is 5.69 Å². The Morgan fingerprint density at radius 1 is 1.10 bits per heavy atom. The number of anilines is 1. The lowest BCUT2D eigenvalue weighted by molar-refractivity contribution is -0.134. The van der Waals surface area contributed by atoms with Gasteiger partial charge in [0.25, 0.3) is 5.91 Å². The molecule has 1 saturated heterocycles. The number of phenolic OH excluding ortho intramolecular Hbond substituents is 1. The van der Waals surface area contributed by atoms with Crippen molar-refractivity contribution in [2.45, 2.75) is 6.92 Å². The maximum absolute atomic E-state index is 14.3. The van der Waals surface area contributed by atoms with Crippen molar-refractivity contribution in [2.24, 2.45) is 0 Å². The van der Waals surface area contributed by atoms with Crippen molar-refractivity contribution in [2.75, 3.05) is 37.7 Å². The molecule has 1 fully saturated rings. The molecule has 0 saturated carbocycles. The van der Waals surface area contributed by atoms with Crippen LogP contribution in [0, 0.1) is 5.82 Å². The highest BCUT2D eigenvalue weighted by molar-refractivity contribution is 9.10. The van der Waals surface area contributed by atoms with Crippen LogP contribution in [0.4, 0.5) is 10.1 Å². The highest BCUT2D eigenvalue weighted by Gasteiger charge is 2.24. The minimum absolute atomic E-state index is 0.0357. The molecule has 1 aliphatic rings. The number of carbonyl (C=O) groups is 3. The number of amides is 1. The second kappa shape index (κ2) is 9.25. The van der Waals surface area contributed by atoms with Gasteiger partial charge in [-0.15, -0.1) is 0 Å². The van der Waals surface area contributed by atoms with E-state index < -0.39 is 18.4 Å². The van der Waals surface area contributed by atoms with E-state index in [2.05, 4.69) is 15.9 Å². The highest BCUT2D eigenvalue weighted by atomic mass is 79.9. The Bertz CT molecular complexity index is 989. The van der Waals surface area contributed by atoms with Gasteiger partial charge in [-0.1, -0.05) is 15.9 Å². The van der Waals surface area contributed by atoms with Gasteiger partial charge < -0.3 is 19.6 Å². The number of piperazine rings is 1. The van der Waals surface area contributed by atoms with Crippen LogP contribution in [0.15, 0.2) is 40.9 Å². The van der Waals surface area contributed by atoms with E-state index in [-0.39, 0.29) is 23.0 Å². The molecule has 0 spiro atoms. The first kappa shape index (κ1) is 21.8. The van der Waals surface area contributed by atoms with Crippen molar-refractivity contribution in [1.29, 1.82) is 0 Å². The molecule has 158 valence electrons. The quantitative estimate of drug-likeness (QED) is 0.524. The average Bonchev–Trinajstić information content (AvgIpc) is 2.73. The summed E-state index contributed by atoms with van der Waals surface area (Å²) in [6.07, 6.45) is 0. The van der Waals surface area contributed by atoms with Crippen molar-refractivity contribution in [3.8, 4) is 5.75 Å². The molecule has 2 aromatic carbocycles. The molecule has 0 aromatic heterocycles. The topological polar surface area (TPSA) is 87.2 Å². The van der Waals surface area contributed by atoms with Crippen LogP contribution in [0.2, 0.25) is 0 Å². The average molecular weight is 479 g/mol. The number of esters is 1. The molecule has 0 unspecified atom stereocenters. The van der Waals surface area contributed by atoms with Crippen LogP contribution < -0.4 is 4.90 Å². The Morgan fingerprint density at radius 2 is 1.80 bits per heavy atom. The van der Waals surface area contributed by atoms with Gasteiger partial charge >= 0.3 is 5.97 Å². The Kier molecular flexibility index (Phi) is 6.71. The standard InChI is InChI=1S/C21H20BrFN2O5/c1-13(26)14-2-4-18(17(23)10-14)24-6-8-25(9-7-24)20(28)12-30-21(29)16-11-15(22)3-5-19(16)27/h2-5,10-11,27H,6-9,12H2,1H3. The molecule has 7 nitrogen and oxygen atoms in total. The molecule has 1 aliphatic heterocycles. The maximum Gasteiger partial charge on any atom is 0.342 e. The lowest BCUT2D eigenvalue weighted by Crippen LogP contribution is -2.50. The van der Waals surface area contributed by atoms with Crippen molar-refractivity contribution < 1.29 is 28.6 Å². The van der Waals surface area contributed by atoms with E-state index in [1.807, 2.05) is 0 Å². The van der Waals surface area contributed by atoms with E-state index in [4.69, 9.17) is 4.74 Å². The summed E-state index contributed by atoms with van der Waals surface area (Å²) in [5.74, 6) is -2.09. The van der Waals surface area contributed by atoms with E-state index in [1.165, 1.54) is 30.0 Å². The molecule has 1 heterocycles. The Hall–Kier alpha value is -2.94. The Balaban J connectivity index is 1.53. The fraction of sp³-hybridized carbons (Fsp3) is 0.286. The molecular weight excluding hydrogens is 459 g/mol. The van der Waals surface area contributed by atoms with Crippen LogP contribution in [-0.4, -0.2) is 60.5 Å². The lowest BCUT2D eigenvalue weighted by Gasteiger charge is -2.36. The number of rotatable bonds is 5. The van der Waals surface area contributed by atoms with E-state index >= 15 is 0 Å². The molecular formula is C21H20BrFN2O5. The van der Waals surface area contributed by atoms with E-state index in [1.54, 1.807) is 23.1 Å². The molecule has 2 aromatic rings. The van der Waals surface area contributed by atoms with E-state index in [0.29, 0.717) is 41.9 Å². The number of ketones is 1. The number of carbonyl (C=O) groups excluding carboxylic acids is 3. The summed E-state index contributed by atoms with van der Waals surface area (Å²) in [6, 6.07) is 8.70. The van der Waals surface area contributed by atoms with Gasteiger partial charge in [0.15, 0.2) is 12.4 Å². The van der Waals surface area contributed by atoms with Gasteiger partial charge in [-0.25, -0.2) is 9.18 Å². The lowest BCUT2D eigenvalue weighted by atomic mass is 10.1. The maximum atomic E-state index is 14.3. The number of ether oxygens (including phenoxy) is 1. The van der Waals surface area contributed by atoms with Crippen LogP contribution >= 0.6 is 15.9 Å². The summed E-state index contributed by atoms with van der Waals surface area (Å²) in [6.45, 7) is 2.42. The number of Topliss-reactive ketones (excluding diaryl/α,β-unsaturated/α-hetero) is 1. The van der Waals surface area contributed by atoms with Crippen LogP contribution in [0.25, 0.3) is 0 Å². The summed E-state index contributed by atoms with van der Waals surface area (Å²) in [7, 11) is 0. The molecule has 0 bridgehead atoms. The van der Waals surface area contributed by atoms with E-state index in [0.717, 1.165) is 0 Å². The number of aromatic hydroxyl groups is 1. The fourth-order valence-corrected chi connectivity index (χ4v) is 3.51. The zero-order valence-corrected chi connectivity index (χ0v) is 17.8. The van der Waals surface area contributed by atoms with Crippen molar-refractivity contribution in [1.82, 2.24) is 4.90 Å². The monoisotopic (exact) mass is 478 g/mol.